The molecule has 1 aromatic carbocycles. The maximum Gasteiger partial charge on any atom is 0.255 e. The van der Waals surface area contributed by atoms with E-state index in [1.807, 2.05) is 13.8 Å². The molecule has 0 bridgehead atoms. The molecule has 6 nitrogen and oxygen atoms in total. The van der Waals surface area contributed by atoms with E-state index in [2.05, 4.69) is 5.32 Å². The molecule has 1 rings (SSSR count). The lowest BCUT2D eigenvalue weighted by molar-refractivity contribution is -0.119. The number of amides is 2. The van der Waals surface area contributed by atoms with Crippen molar-refractivity contribution in [3.8, 4) is 5.75 Å². The smallest absolute Gasteiger partial charge is 0.255 e. The summed E-state index contributed by atoms with van der Waals surface area (Å²) in [5, 5.41) is 2.81. The Bertz CT molecular complexity index is 505. The Morgan fingerprint density at radius 3 is 2.36 bits per heavy atom. The van der Waals surface area contributed by atoms with Crippen LogP contribution >= 0.6 is 12.4 Å². The van der Waals surface area contributed by atoms with Crippen LogP contribution in [0.25, 0.3) is 0 Å². The number of para-hydroxylation sites is 1. The summed E-state index contributed by atoms with van der Waals surface area (Å²) in [5.41, 5.74) is 11.1. The fourth-order valence-corrected chi connectivity index (χ4v) is 1.78. The monoisotopic (exact) mass is 329 g/mol. The minimum absolute atomic E-state index is 0. The van der Waals surface area contributed by atoms with Crippen LogP contribution in [0.1, 0.15) is 37.0 Å². The largest absolute Gasteiger partial charge is 0.483 e. The summed E-state index contributed by atoms with van der Waals surface area (Å²) in [4.78, 5) is 23.0. The lowest BCUT2D eigenvalue weighted by Crippen LogP contribution is -2.49. The first-order valence-electron chi connectivity index (χ1n) is 6.99. The number of halogens is 1. The number of nitrogens with one attached hydrogen (secondary N) is 1. The van der Waals surface area contributed by atoms with Gasteiger partial charge in [0.15, 0.2) is 6.61 Å². The number of ether oxygens (including phenoxy) is 1. The Morgan fingerprint density at radius 1 is 1.23 bits per heavy atom. The highest BCUT2D eigenvalue weighted by Gasteiger charge is 2.22. The van der Waals surface area contributed by atoms with Crippen molar-refractivity contribution in [2.45, 2.75) is 32.2 Å². The lowest BCUT2D eigenvalue weighted by atomic mass is 9.94. The molecule has 124 valence electrons. The zero-order valence-corrected chi connectivity index (χ0v) is 13.7. The molecule has 22 heavy (non-hydrogen) atoms. The number of hydrogen-bond donors (Lipinski definition) is 3. The fourth-order valence-electron chi connectivity index (χ4n) is 1.78. The molecule has 0 saturated carbocycles. The van der Waals surface area contributed by atoms with Crippen LogP contribution in [0.15, 0.2) is 24.3 Å². The lowest BCUT2D eigenvalue weighted by Gasteiger charge is -2.27. The fraction of sp³-hybridized carbons (Fsp3) is 0.467. The summed E-state index contributed by atoms with van der Waals surface area (Å²) in [7, 11) is 0. The minimum Gasteiger partial charge on any atom is -0.483 e. The van der Waals surface area contributed by atoms with E-state index < -0.39 is 11.4 Å². The van der Waals surface area contributed by atoms with Gasteiger partial charge in [0, 0.05) is 12.1 Å². The number of carbonyl (C=O) groups excluding carboxylic acids is 2. The highest BCUT2D eigenvalue weighted by atomic mass is 35.5. The maximum atomic E-state index is 12.2. The summed E-state index contributed by atoms with van der Waals surface area (Å²) < 4.78 is 5.24. The summed E-state index contributed by atoms with van der Waals surface area (Å²) in [6.45, 7) is 4.08. The summed E-state index contributed by atoms with van der Waals surface area (Å²) >= 11 is 0. The molecule has 0 aliphatic rings. The predicted molar refractivity (Wildman–Crippen MR) is 88.2 cm³/mol. The molecule has 5 N–H and O–H groups in total. The average molecular weight is 330 g/mol. The van der Waals surface area contributed by atoms with Gasteiger partial charge in [-0.3, -0.25) is 9.59 Å². The first kappa shape index (κ1) is 20.2. The zero-order chi connectivity index (χ0) is 15.9. The van der Waals surface area contributed by atoms with Crippen LogP contribution in [0.3, 0.4) is 0 Å². The van der Waals surface area contributed by atoms with Gasteiger partial charge in [-0.05, 0) is 25.0 Å². The van der Waals surface area contributed by atoms with Crippen molar-refractivity contribution in [1.29, 1.82) is 0 Å². The first-order chi connectivity index (χ1) is 9.91. The molecule has 2 amide bonds. The Labute approximate surface area is 137 Å². The topological polar surface area (TPSA) is 107 Å². The average Bonchev–Trinajstić information content (AvgIpc) is 2.50. The van der Waals surface area contributed by atoms with Crippen molar-refractivity contribution in [2.24, 2.45) is 11.5 Å². The summed E-state index contributed by atoms with van der Waals surface area (Å²) in [6, 6.07) is 6.69. The molecule has 0 aliphatic carbocycles. The first-order valence-corrected chi connectivity index (χ1v) is 6.99. The van der Waals surface area contributed by atoms with Crippen LogP contribution in [0.2, 0.25) is 0 Å². The molecular formula is C15H24ClN3O3. The number of carbonyl (C=O) groups is 2. The third-order valence-electron chi connectivity index (χ3n) is 3.51. The molecule has 0 spiro atoms. The van der Waals surface area contributed by atoms with E-state index >= 15 is 0 Å². The van der Waals surface area contributed by atoms with Crippen molar-refractivity contribution in [1.82, 2.24) is 5.32 Å². The van der Waals surface area contributed by atoms with Gasteiger partial charge in [-0.2, -0.15) is 0 Å². The van der Waals surface area contributed by atoms with Gasteiger partial charge in [-0.25, -0.2) is 0 Å². The number of rotatable bonds is 8. The van der Waals surface area contributed by atoms with Gasteiger partial charge >= 0.3 is 0 Å². The van der Waals surface area contributed by atoms with Crippen LogP contribution in [0.5, 0.6) is 5.75 Å². The second kappa shape index (κ2) is 9.27. The molecule has 0 saturated heterocycles. The van der Waals surface area contributed by atoms with Crippen molar-refractivity contribution < 1.29 is 14.3 Å². The minimum atomic E-state index is -0.594. The van der Waals surface area contributed by atoms with Crippen LogP contribution in [-0.2, 0) is 4.79 Å². The zero-order valence-electron chi connectivity index (χ0n) is 12.9. The standard InChI is InChI=1S/C15H23N3O3.ClH/c1-3-15(17,4-2)10-18-14(20)11-7-5-6-8-12(11)21-9-13(16)19;/h5-8H,3-4,9-10,17H2,1-2H3,(H2,16,19)(H,18,20);1H. The van der Waals surface area contributed by atoms with Crippen LogP contribution in [-0.4, -0.2) is 30.5 Å². The molecule has 0 atom stereocenters. The number of nitrogens with two attached hydrogens (primary N) is 2. The van der Waals surface area contributed by atoms with E-state index in [1.165, 1.54) is 0 Å². The van der Waals surface area contributed by atoms with Crippen molar-refractivity contribution in [3.63, 3.8) is 0 Å². The van der Waals surface area contributed by atoms with E-state index in [9.17, 15) is 9.59 Å². The molecule has 0 fully saturated rings. The molecule has 0 aromatic heterocycles. The molecule has 1 aromatic rings. The highest BCUT2D eigenvalue weighted by molar-refractivity contribution is 5.97. The van der Waals surface area contributed by atoms with Crippen molar-refractivity contribution >= 4 is 24.2 Å². The van der Waals surface area contributed by atoms with E-state index in [4.69, 9.17) is 16.2 Å². The van der Waals surface area contributed by atoms with Gasteiger partial charge in [0.25, 0.3) is 11.8 Å². The van der Waals surface area contributed by atoms with Gasteiger partial charge in [0.05, 0.1) is 5.56 Å². The predicted octanol–water partition coefficient (Wildman–Crippen LogP) is 1.22. The van der Waals surface area contributed by atoms with Gasteiger partial charge < -0.3 is 21.5 Å². The number of primary amides is 1. The van der Waals surface area contributed by atoms with E-state index in [0.29, 0.717) is 17.9 Å². The van der Waals surface area contributed by atoms with Gasteiger partial charge in [-0.15, -0.1) is 12.4 Å². The third-order valence-corrected chi connectivity index (χ3v) is 3.51. The Balaban J connectivity index is 0.00000441. The van der Waals surface area contributed by atoms with Gasteiger partial charge in [0.2, 0.25) is 0 Å². The Hall–Kier alpha value is -1.79. The van der Waals surface area contributed by atoms with Crippen LogP contribution in [0, 0.1) is 0 Å². The Morgan fingerprint density at radius 2 is 1.82 bits per heavy atom. The second-order valence-corrected chi connectivity index (χ2v) is 5.00. The summed E-state index contributed by atoms with van der Waals surface area (Å²) in [5.74, 6) is -0.556. The molecule has 0 aliphatic heterocycles. The summed E-state index contributed by atoms with van der Waals surface area (Å²) in [6.07, 6.45) is 1.53. The molecule has 0 unspecified atom stereocenters. The van der Waals surface area contributed by atoms with E-state index in [0.717, 1.165) is 12.8 Å². The van der Waals surface area contributed by atoms with E-state index in [-0.39, 0.29) is 24.9 Å². The molecule has 0 radical (unpaired) electrons. The Kier molecular flexibility index (Phi) is 8.52. The molecular weight excluding hydrogens is 306 g/mol. The quantitative estimate of drug-likeness (QED) is 0.666. The normalized spacial score (nSPS) is 10.5. The third kappa shape index (κ3) is 5.91. The van der Waals surface area contributed by atoms with E-state index in [1.54, 1.807) is 24.3 Å². The highest BCUT2D eigenvalue weighted by Crippen LogP contribution is 2.18. The van der Waals surface area contributed by atoms with Crippen LogP contribution in [0.4, 0.5) is 0 Å². The molecule has 7 heteroatoms. The van der Waals surface area contributed by atoms with Crippen molar-refractivity contribution in [3.05, 3.63) is 29.8 Å². The van der Waals surface area contributed by atoms with Gasteiger partial charge in [-0.1, -0.05) is 26.0 Å². The number of hydrogen-bond acceptors (Lipinski definition) is 4. The number of benzene rings is 1. The van der Waals surface area contributed by atoms with Crippen molar-refractivity contribution in [2.75, 3.05) is 13.2 Å². The SMILES string of the molecule is CCC(N)(CC)CNC(=O)c1ccccc1OCC(N)=O.Cl. The van der Waals surface area contributed by atoms with Gasteiger partial charge in [0.1, 0.15) is 5.75 Å². The van der Waals surface area contributed by atoms with Crippen LogP contribution < -0.4 is 21.5 Å². The second-order valence-electron chi connectivity index (χ2n) is 5.00. The maximum absolute atomic E-state index is 12.2. The molecule has 0 heterocycles.